The van der Waals surface area contributed by atoms with Gasteiger partial charge in [-0.05, 0) is 41.3 Å². The van der Waals surface area contributed by atoms with Crippen LogP contribution in [0.3, 0.4) is 0 Å². The second-order valence-corrected chi connectivity index (χ2v) is 10.9. The predicted octanol–water partition coefficient (Wildman–Crippen LogP) is 2.30. The average molecular weight is 483 g/mol. The Morgan fingerprint density at radius 3 is 2.68 bits per heavy atom. The van der Waals surface area contributed by atoms with Crippen molar-refractivity contribution in [2.24, 2.45) is 5.41 Å². The molecule has 2 aromatic rings. The zero-order chi connectivity index (χ0) is 24.5. The molecule has 4 heterocycles. The number of ketones is 1. The molecule has 0 spiro atoms. The lowest BCUT2D eigenvalue weighted by Gasteiger charge is -2.31. The summed E-state index contributed by atoms with van der Waals surface area (Å²) >= 11 is 1.42. The average Bonchev–Trinajstić information content (AvgIpc) is 3.51. The van der Waals surface area contributed by atoms with Crippen LogP contribution in [0, 0.1) is 5.41 Å². The van der Waals surface area contributed by atoms with Crippen molar-refractivity contribution in [3.63, 3.8) is 0 Å². The van der Waals surface area contributed by atoms with E-state index in [-0.39, 0.29) is 47.9 Å². The lowest BCUT2D eigenvalue weighted by atomic mass is 9.87. The topological polar surface area (TPSA) is 99.7 Å². The van der Waals surface area contributed by atoms with Gasteiger partial charge in [-0.3, -0.25) is 24.2 Å². The standard InChI is InChI=1S/C25H30N4O4S/c1-25(2,3)12-18(27-23(32)17-7-10-34-15-17)24(33)28-9-6-19-22(28)20(30)14-29(19)21(31)11-16-5-4-8-26-13-16/h4-5,7-8,10,13,15,18-19,22H,6,9,11-12,14H2,1-3H3,(H,27,32). The minimum atomic E-state index is -0.751. The van der Waals surface area contributed by atoms with Gasteiger partial charge in [0, 0.05) is 24.3 Å². The number of pyridine rings is 1. The Hall–Kier alpha value is -3.07. The van der Waals surface area contributed by atoms with Crippen LogP contribution < -0.4 is 5.32 Å². The first-order chi connectivity index (χ1) is 16.1. The second kappa shape index (κ2) is 9.66. The summed E-state index contributed by atoms with van der Waals surface area (Å²) in [7, 11) is 0. The van der Waals surface area contributed by atoms with E-state index in [1.807, 2.05) is 32.2 Å². The van der Waals surface area contributed by atoms with E-state index in [4.69, 9.17) is 0 Å². The molecule has 0 saturated carbocycles. The number of thiophene rings is 1. The van der Waals surface area contributed by atoms with Gasteiger partial charge in [0.2, 0.25) is 11.8 Å². The molecule has 9 heteroatoms. The van der Waals surface area contributed by atoms with Gasteiger partial charge in [0.25, 0.3) is 5.91 Å². The smallest absolute Gasteiger partial charge is 0.252 e. The number of rotatable bonds is 6. The Morgan fingerprint density at radius 2 is 2.03 bits per heavy atom. The van der Waals surface area contributed by atoms with Crippen LogP contribution in [0.2, 0.25) is 0 Å². The van der Waals surface area contributed by atoms with Crippen molar-refractivity contribution < 1.29 is 19.2 Å². The number of carbonyl (C=O) groups excluding carboxylic acids is 4. The van der Waals surface area contributed by atoms with E-state index < -0.39 is 12.1 Å². The van der Waals surface area contributed by atoms with Gasteiger partial charge in [0.15, 0.2) is 5.78 Å². The van der Waals surface area contributed by atoms with Crippen LogP contribution in [-0.4, -0.2) is 69.5 Å². The number of likely N-dealkylation sites (tertiary alicyclic amines) is 2. The number of carbonyl (C=O) groups is 4. The molecule has 2 fully saturated rings. The number of fused-ring (bicyclic) bond motifs is 1. The summed E-state index contributed by atoms with van der Waals surface area (Å²) in [5, 5.41) is 6.45. The Bertz CT molecular complexity index is 1060. The second-order valence-electron chi connectivity index (χ2n) is 10.2. The Labute approximate surface area is 203 Å². The van der Waals surface area contributed by atoms with Crippen LogP contribution >= 0.6 is 11.3 Å². The summed E-state index contributed by atoms with van der Waals surface area (Å²) in [4.78, 5) is 59.5. The Balaban J connectivity index is 1.49. The highest BCUT2D eigenvalue weighted by Crippen LogP contribution is 2.32. The number of hydrogen-bond acceptors (Lipinski definition) is 6. The molecule has 2 saturated heterocycles. The summed E-state index contributed by atoms with van der Waals surface area (Å²) in [6, 6.07) is 3.58. The van der Waals surface area contributed by atoms with Crippen LogP contribution in [0.4, 0.5) is 0 Å². The molecule has 2 aromatic heterocycles. The largest absolute Gasteiger partial charge is 0.340 e. The zero-order valence-electron chi connectivity index (χ0n) is 19.7. The molecule has 3 atom stereocenters. The van der Waals surface area contributed by atoms with Gasteiger partial charge >= 0.3 is 0 Å². The molecule has 34 heavy (non-hydrogen) atoms. The van der Waals surface area contributed by atoms with Crippen LogP contribution in [0.5, 0.6) is 0 Å². The quantitative estimate of drug-likeness (QED) is 0.681. The molecular formula is C25H30N4O4S. The van der Waals surface area contributed by atoms with Crippen molar-refractivity contribution in [3.8, 4) is 0 Å². The van der Waals surface area contributed by atoms with E-state index in [1.165, 1.54) is 11.3 Å². The van der Waals surface area contributed by atoms with Gasteiger partial charge in [0.05, 0.1) is 24.6 Å². The summed E-state index contributed by atoms with van der Waals surface area (Å²) in [6.07, 6.45) is 4.44. The van der Waals surface area contributed by atoms with Crippen molar-refractivity contribution in [2.75, 3.05) is 13.1 Å². The fraction of sp³-hybridized carbons (Fsp3) is 0.480. The van der Waals surface area contributed by atoms with Crippen molar-refractivity contribution in [1.29, 1.82) is 0 Å². The van der Waals surface area contributed by atoms with Crippen LogP contribution in [-0.2, 0) is 20.8 Å². The van der Waals surface area contributed by atoms with E-state index in [0.717, 1.165) is 5.56 Å². The highest BCUT2D eigenvalue weighted by Gasteiger charge is 2.52. The van der Waals surface area contributed by atoms with Crippen molar-refractivity contribution >= 4 is 34.8 Å². The molecule has 0 bridgehead atoms. The molecule has 8 nitrogen and oxygen atoms in total. The highest BCUT2D eigenvalue weighted by molar-refractivity contribution is 7.08. The molecular weight excluding hydrogens is 452 g/mol. The predicted molar refractivity (Wildman–Crippen MR) is 128 cm³/mol. The van der Waals surface area contributed by atoms with Crippen LogP contribution in [0.15, 0.2) is 41.4 Å². The zero-order valence-corrected chi connectivity index (χ0v) is 20.5. The summed E-state index contributed by atoms with van der Waals surface area (Å²) in [5.74, 6) is -0.833. The van der Waals surface area contributed by atoms with Crippen molar-refractivity contribution in [1.82, 2.24) is 20.1 Å². The molecule has 1 N–H and O–H groups in total. The molecule has 0 radical (unpaired) electrons. The number of nitrogens with zero attached hydrogens (tertiary/aromatic N) is 3. The number of aromatic nitrogens is 1. The normalized spacial score (nSPS) is 20.9. The fourth-order valence-corrected chi connectivity index (χ4v) is 5.45. The fourth-order valence-electron chi connectivity index (χ4n) is 4.82. The molecule has 4 rings (SSSR count). The van der Waals surface area contributed by atoms with E-state index >= 15 is 0 Å². The highest BCUT2D eigenvalue weighted by atomic mass is 32.1. The monoisotopic (exact) mass is 482 g/mol. The van der Waals surface area contributed by atoms with E-state index in [2.05, 4.69) is 10.3 Å². The van der Waals surface area contributed by atoms with Crippen LogP contribution in [0.25, 0.3) is 0 Å². The lowest BCUT2D eigenvalue weighted by molar-refractivity contribution is -0.138. The van der Waals surface area contributed by atoms with Crippen molar-refractivity contribution in [3.05, 3.63) is 52.5 Å². The van der Waals surface area contributed by atoms with Gasteiger partial charge in [0.1, 0.15) is 12.1 Å². The van der Waals surface area contributed by atoms with Gasteiger partial charge in [-0.25, -0.2) is 0 Å². The molecule has 0 aromatic carbocycles. The molecule has 0 aliphatic carbocycles. The Morgan fingerprint density at radius 1 is 1.24 bits per heavy atom. The molecule has 2 aliphatic rings. The van der Waals surface area contributed by atoms with Gasteiger partial charge < -0.3 is 15.1 Å². The number of Topliss-reactive ketones (excluding diaryl/α,β-unsaturated/α-hetero) is 1. The lowest BCUT2D eigenvalue weighted by Crippen LogP contribution is -2.53. The van der Waals surface area contributed by atoms with E-state index in [9.17, 15) is 19.2 Å². The maximum absolute atomic E-state index is 13.6. The third-order valence-corrected chi connectivity index (χ3v) is 6.99. The van der Waals surface area contributed by atoms with Crippen LogP contribution in [0.1, 0.15) is 49.5 Å². The van der Waals surface area contributed by atoms with Gasteiger partial charge in [-0.1, -0.05) is 26.8 Å². The molecule has 2 aliphatic heterocycles. The first-order valence-electron chi connectivity index (χ1n) is 11.5. The number of hydrogen-bond donors (Lipinski definition) is 1. The summed E-state index contributed by atoms with van der Waals surface area (Å²) in [5.41, 5.74) is 1.09. The maximum Gasteiger partial charge on any atom is 0.252 e. The van der Waals surface area contributed by atoms with E-state index in [0.29, 0.717) is 24.9 Å². The first-order valence-corrected chi connectivity index (χ1v) is 12.4. The number of amides is 3. The SMILES string of the molecule is CC(C)(C)CC(NC(=O)c1ccsc1)C(=O)N1CCC2C1C(=O)CN2C(=O)Cc1cccnc1. The molecule has 3 unspecified atom stereocenters. The third kappa shape index (κ3) is 5.19. The minimum Gasteiger partial charge on any atom is -0.340 e. The summed E-state index contributed by atoms with van der Waals surface area (Å²) < 4.78 is 0. The first kappa shape index (κ1) is 24.1. The maximum atomic E-state index is 13.6. The molecule has 3 amide bonds. The summed E-state index contributed by atoms with van der Waals surface area (Å²) in [6.45, 7) is 6.41. The molecule has 180 valence electrons. The van der Waals surface area contributed by atoms with E-state index in [1.54, 1.807) is 39.7 Å². The Kier molecular flexibility index (Phi) is 6.84. The number of nitrogens with one attached hydrogen (secondary N) is 1. The van der Waals surface area contributed by atoms with Crippen molar-refractivity contribution in [2.45, 2.75) is 58.2 Å². The third-order valence-electron chi connectivity index (χ3n) is 6.31. The minimum absolute atomic E-state index is 0.00338. The van der Waals surface area contributed by atoms with Gasteiger partial charge in [-0.2, -0.15) is 11.3 Å². The van der Waals surface area contributed by atoms with Gasteiger partial charge in [-0.15, -0.1) is 0 Å².